The molecule has 0 spiro atoms. The van der Waals surface area contributed by atoms with Gasteiger partial charge in [0.25, 0.3) is 5.91 Å². The van der Waals surface area contributed by atoms with Crippen LogP contribution in [-0.4, -0.2) is 33.8 Å². The quantitative estimate of drug-likeness (QED) is 0.646. The standard InChI is InChI=1S/C21H23N5O.2ClH/c27-20(21(8-13-23-14-9-21)26-15-1-10-24-26)25-19-4-2-17(3-5-19)16-18-6-11-22-12-7-18;;/h1-7,10-12,15,23H,8-9,13-14,16H2,(H,25,27);2*1H. The molecule has 3 aromatic rings. The first-order valence-electron chi connectivity index (χ1n) is 9.26. The summed E-state index contributed by atoms with van der Waals surface area (Å²) in [5.41, 5.74) is 2.59. The van der Waals surface area contributed by atoms with Crippen LogP contribution in [0, 0.1) is 0 Å². The number of amides is 1. The summed E-state index contributed by atoms with van der Waals surface area (Å²) < 4.78 is 1.81. The Kier molecular flexibility index (Phi) is 8.20. The van der Waals surface area contributed by atoms with E-state index in [9.17, 15) is 4.79 Å². The van der Waals surface area contributed by atoms with Gasteiger partial charge in [-0.15, -0.1) is 24.8 Å². The smallest absolute Gasteiger partial charge is 0.252 e. The molecule has 0 bridgehead atoms. The van der Waals surface area contributed by atoms with Gasteiger partial charge in [0, 0.05) is 30.5 Å². The van der Waals surface area contributed by atoms with Crippen LogP contribution in [0.5, 0.6) is 0 Å². The summed E-state index contributed by atoms with van der Waals surface area (Å²) in [5.74, 6) is -0.00502. The molecule has 1 aromatic carbocycles. The molecule has 0 saturated carbocycles. The predicted molar refractivity (Wildman–Crippen MR) is 119 cm³/mol. The Hall–Kier alpha value is -2.41. The topological polar surface area (TPSA) is 71.8 Å². The summed E-state index contributed by atoms with van der Waals surface area (Å²) in [5, 5.41) is 10.8. The van der Waals surface area contributed by atoms with Crippen LogP contribution in [0.3, 0.4) is 0 Å². The zero-order valence-electron chi connectivity index (χ0n) is 16.0. The van der Waals surface area contributed by atoms with Gasteiger partial charge in [0.15, 0.2) is 0 Å². The van der Waals surface area contributed by atoms with Gasteiger partial charge in [-0.05, 0) is 73.8 Å². The molecular formula is C21H25Cl2N5O. The first kappa shape index (κ1) is 22.9. The fraction of sp³-hybridized carbons (Fsp3) is 0.286. The molecule has 1 fully saturated rings. The number of piperidine rings is 1. The van der Waals surface area contributed by atoms with Crippen LogP contribution in [0.15, 0.2) is 67.3 Å². The highest BCUT2D eigenvalue weighted by Crippen LogP contribution is 2.28. The number of benzene rings is 1. The van der Waals surface area contributed by atoms with Crippen LogP contribution in [0.2, 0.25) is 0 Å². The first-order chi connectivity index (χ1) is 13.3. The number of hydrogen-bond donors (Lipinski definition) is 2. The lowest BCUT2D eigenvalue weighted by atomic mass is 9.87. The fourth-order valence-electron chi connectivity index (χ4n) is 3.61. The fourth-order valence-corrected chi connectivity index (χ4v) is 3.61. The van der Waals surface area contributed by atoms with Gasteiger partial charge in [0.05, 0.1) is 0 Å². The number of hydrogen-bond acceptors (Lipinski definition) is 4. The SMILES string of the molecule is Cl.Cl.O=C(Nc1ccc(Cc2ccncc2)cc1)C1(n2cccn2)CCNCC1. The number of anilines is 1. The molecule has 1 saturated heterocycles. The highest BCUT2D eigenvalue weighted by molar-refractivity contribution is 5.96. The maximum Gasteiger partial charge on any atom is 0.252 e. The van der Waals surface area contributed by atoms with E-state index in [4.69, 9.17) is 0 Å². The van der Waals surface area contributed by atoms with Crippen LogP contribution < -0.4 is 10.6 Å². The van der Waals surface area contributed by atoms with Crippen molar-refractivity contribution >= 4 is 36.4 Å². The van der Waals surface area contributed by atoms with E-state index in [2.05, 4.69) is 32.8 Å². The molecule has 0 radical (unpaired) electrons. The molecule has 1 aliphatic rings. The predicted octanol–water partition coefficient (Wildman–Crippen LogP) is 3.43. The summed E-state index contributed by atoms with van der Waals surface area (Å²) in [4.78, 5) is 17.2. The van der Waals surface area contributed by atoms with Gasteiger partial charge in [-0.3, -0.25) is 14.5 Å². The monoisotopic (exact) mass is 433 g/mol. The zero-order valence-corrected chi connectivity index (χ0v) is 17.6. The Morgan fingerprint density at radius 1 is 1.00 bits per heavy atom. The lowest BCUT2D eigenvalue weighted by Crippen LogP contribution is -2.52. The van der Waals surface area contributed by atoms with E-state index in [0.717, 1.165) is 38.0 Å². The molecule has 0 unspecified atom stereocenters. The molecule has 8 heteroatoms. The Morgan fingerprint density at radius 3 is 2.28 bits per heavy atom. The average molecular weight is 434 g/mol. The molecular weight excluding hydrogens is 409 g/mol. The molecule has 2 aromatic heterocycles. The number of carbonyl (C=O) groups is 1. The van der Waals surface area contributed by atoms with E-state index < -0.39 is 5.54 Å². The molecule has 2 N–H and O–H groups in total. The van der Waals surface area contributed by atoms with Crippen LogP contribution in [0.4, 0.5) is 5.69 Å². The van der Waals surface area contributed by atoms with Crippen molar-refractivity contribution < 1.29 is 4.79 Å². The molecule has 154 valence electrons. The third-order valence-corrected chi connectivity index (χ3v) is 5.17. The van der Waals surface area contributed by atoms with Crippen molar-refractivity contribution in [2.75, 3.05) is 18.4 Å². The summed E-state index contributed by atoms with van der Waals surface area (Å²) in [6.07, 6.45) is 9.50. The van der Waals surface area contributed by atoms with Gasteiger partial charge in [-0.1, -0.05) is 12.1 Å². The second-order valence-electron chi connectivity index (χ2n) is 6.92. The third kappa shape index (κ3) is 5.15. The van der Waals surface area contributed by atoms with Gasteiger partial charge in [-0.25, -0.2) is 0 Å². The molecule has 0 atom stereocenters. The molecule has 29 heavy (non-hydrogen) atoms. The minimum atomic E-state index is -0.634. The Labute approximate surface area is 182 Å². The normalized spacial score (nSPS) is 14.9. The van der Waals surface area contributed by atoms with Crippen molar-refractivity contribution in [3.63, 3.8) is 0 Å². The second kappa shape index (κ2) is 10.4. The van der Waals surface area contributed by atoms with Crippen molar-refractivity contribution in [3.8, 4) is 0 Å². The minimum absolute atomic E-state index is 0. The van der Waals surface area contributed by atoms with Crippen LogP contribution in [-0.2, 0) is 16.8 Å². The molecule has 4 rings (SSSR count). The number of carbonyl (C=O) groups excluding carboxylic acids is 1. The van der Waals surface area contributed by atoms with Gasteiger partial charge in [-0.2, -0.15) is 5.10 Å². The molecule has 1 amide bonds. The maximum atomic E-state index is 13.2. The number of nitrogens with one attached hydrogen (secondary N) is 2. The number of nitrogens with zero attached hydrogens (tertiary/aromatic N) is 3. The van der Waals surface area contributed by atoms with E-state index in [-0.39, 0.29) is 30.7 Å². The van der Waals surface area contributed by atoms with E-state index in [0.29, 0.717) is 0 Å². The average Bonchev–Trinajstić information content (AvgIpc) is 3.26. The Morgan fingerprint density at radius 2 is 1.66 bits per heavy atom. The van der Waals surface area contributed by atoms with E-state index >= 15 is 0 Å². The summed E-state index contributed by atoms with van der Waals surface area (Å²) >= 11 is 0. The van der Waals surface area contributed by atoms with Crippen molar-refractivity contribution in [2.24, 2.45) is 0 Å². The van der Waals surface area contributed by atoms with Crippen molar-refractivity contribution in [3.05, 3.63) is 78.4 Å². The Balaban J connectivity index is 0.00000150. The number of halogens is 2. The van der Waals surface area contributed by atoms with Crippen molar-refractivity contribution in [1.82, 2.24) is 20.1 Å². The number of aromatic nitrogens is 3. The lowest BCUT2D eigenvalue weighted by Gasteiger charge is -2.36. The third-order valence-electron chi connectivity index (χ3n) is 5.17. The molecule has 6 nitrogen and oxygen atoms in total. The van der Waals surface area contributed by atoms with Crippen LogP contribution in [0.25, 0.3) is 0 Å². The van der Waals surface area contributed by atoms with E-state index in [1.165, 1.54) is 11.1 Å². The van der Waals surface area contributed by atoms with Gasteiger partial charge < -0.3 is 10.6 Å². The van der Waals surface area contributed by atoms with Crippen molar-refractivity contribution in [2.45, 2.75) is 24.8 Å². The summed E-state index contributed by atoms with van der Waals surface area (Å²) in [6.45, 7) is 1.61. The largest absolute Gasteiger partial charge is 0.324 e. The second-order valence-corrected chi connectivity index (χ2v) is 6.92. The highest BCUT2D eigenvalue weighted by atomic mass is 35.5. The number of pyridine rings is 1. The van der Waals surface area contributed by atoms with Gasteiger partial charge >= 0.3 is 0 Å². The summed E-state index contributed by atoms with van der Waals surface area (Å²) in [6, 6.07) is 13.9. The molecule has 3 heterocycles. The van der Waals surface area contributed by atoms with E-state index in [1.807, 2.05) is 36.5 Å². The lowest BCUT2D eigenvalue weighted by molar-refractivity contribution is -0.126. The Bertz CT molecular complexity index is 879. The number of rotatable bonds is 5. The van der Waals surface area contributed by atoms with Crippen LogP contribution in [0.1, 0.15) is 24.0 Å². The van der Waals surface area contributed by atoms with Crippen molar-refractivity contribution in [1.29, 1.82) is 0 Å². The molecule has 0 aliphatic carbocycles. The maximum absolute atomic E-state index is 13.2. The highest BCUT2D eigenvalue weighted by Gasteiger charge is 2.41. The molecule has 1 aliphatic heterocycles. The van der Waals surface area contributed by atoms with Crippen LogP contribution >= 0.6 is 24.8 Å². The zero-order chi connectivity index (χ0) is 18.5. The first-order valence-corrected chi connectivity index (χ1v) is 9.26. The minimum Gasteiger partial charge on any atom is -0.324 e. The van der Waals surface area contributed by atoms with E-state index in [1.54, 1.807) is 23.3 Å². The van der Waals surface area contributed by atoms with Gasteiger partial charge in [0.2, 0.25) is 0 Å². The van der Waals surface area contributed by atoms with Gasteiger partial charge in [0.1, 0.15) is 5.54 Å². The summed E-state index contributed by atoms with van der Waals surface area (Å²) in [7, 11) is 0.